The lowest BCUT2D eigenvalue weighted by molar-refractivity contribution is 0.0947. The Morgan fingerprint density at radius 3 is 2.74 bits per heavy atom. The van der Waals surface area contributed by atoms with E-state index in [2.05, 4.69) is 18.7 Å². The number of hydrogen-bond donors (Lipinski definition) is 1. The van der Waals surface area contributed by atoms with E-state index in [1.54, 1.807) is 0 Å². The van der Waals surface area contributed by atoms with Gasteiger partial charge in [-0.15, -0.1) is 0 Å². The Kier molecular flexibility index (Phi) is 3.92. The fraction of sp³-hybridized carbons (Fsp3) is 1.00. The molecule has 19 heavy (non-hydrogen) atoms. The van der Waals surface area contributed by atoms with Crippen LogP contribution < -0.4 is 5.73 Å². The highest BCUT2D eigenvalue weighted by atomic mass is 15.2. The fourth-order valence-corrected chi connectivity index (χ4v) is 4.99. The molecule has 4 atom stereocenters. The molecular formula is C17H32N2. The minimum absolute atomic E-state index is 0.454. The van der Waals surface area contributed by atoms with Crippen molar-refractivity contribution in [2.45, 2.75) is 77.3 Å². The monoisotopic (exact) mass is 264 g/mol. The smallest absolute Gasteiger partial charge is 0.0124 e. The van der Waals surface area contributed by atoms with Crippen LogP contribution in [0.15, 0.2) is 0 Å². The Hall–Kier alpha value is -0.0800. The summed E-state index contributed by atoms with van der Waals surface area (Å²) in [5.41, 5.74) is 6.94. The van der Waals surface area contributed by atoms with Crippen molar-refractivity contribution in [2.75, 3.05) is 13.1 Å². The van der Waals surface area contributed by atoms with Crippen molar-refractivity contribution in [3.63, 3.8) is 0 Å². The maximum Gasteiger partial charge on any atom is 0.0124 e. The van der Waals surface area contributed by atoms with Crippen LogP contribution in [-0.4, -0.2) is 30.1 Å². The van der Waals surface area contributed by atoms with E-state index in [1.165, 1.54) is 64.5 Å². The van der Waals surface area contributed by atoms with Crippen LogP contribution in [0.25, 0.3) is 0 Å². The lowest BCUT2D eigenvalue weighted by Crippen LogP contribution is -2.47. The Morgan fingerprint density at radius 2 is 1.89 bits per heavy atom. The van der Waals surface area contributed by atoms with Gasteiger partial charge in [0.1, 0.15) is 0 Å². The summed E-state index contributed by atoms with van der Waals surface area (Å²) in [6.07, 6.45) is 11.2. The van der Waals surface area contributed by atoms with E-state index in [9.17, 15) is 0 Å². The zero-order valence-corrected chi connectivity index (χ0v) is 12.9. The molecule has 0 aromatic rings. The predicted molar refractivity (Wildman–Crippen MR) is 81.0 cm³/mol. The van der Waals surface area contributed by atoms with Crippen molar-refractivity contribution in [3.8, 4) is 0 Å². The van der Waals surface area contributed by atoms with Gasteiger partial charge in [-0.3, -0.25) is 4.90 Å². The molecule has 1 heterocycles. The van der Waals surface area contributed by atoms with Gasteiger partial charge in [-0.1, -0.05) is 26.7 Å². The van der Waals surface area contributed by atoms with Gasteiger partial charge in [-0.2, -0.15) is 0 Å². The van der Waals surface area contributed by atoms with Crippen molar-refractivity contribution in [1.29, 1.82) is 0 Å². The first-order valence-corrected chi connectivity index (χ1v) is 8.55. The Balaban J connectivity index is 1.61. The molecule has 0 aromatic heterocycles. The van der Waals surface area contributed by atoms with Gasteiger partial charge in [0.05, 0.1) is 0 Å². The van der Waals surface area contributed by atoms with Crippen LogP contribution in [0.5, 0.6) is 0 Å². The van der Waals surface area contributed by atoms with E-state index < -0.39 is 0 Å². The van der Waals surface area contributed by atoms with Crippen LogP contribution in [0.3, 0.4) is 0 Å². The zero-order chi connectivity index (χ0) is 13.5. The minimum Gasteiger partial charge on any atom is -0.327 e. The summed E-state index contributed by atoms with van der Waals surface area (Å²) in [7, 11) is 0. The molecule has 2 heteroatoms. The molecule has 1 saturated heterocycles. The average Bonchev–Trinajstić information content (AvgIpc) is 2.77. The average molecular weight is 264 g/mol. The van der Waals surface area contributed by atoms with Crippen LogP contribution in [-0.2, 0) is 0 Å². The van der Waals surface area contributed by atoms with Crippen molar-refractivity contribution in [3.05, 3.63) is 0 Å². The SMILES string of the molecule is CC1(C)CCC(N)C(CN2CCC3CCCCC32)C1. The minimum atomic E-state index is 0.454. The van der Waals surface area contributed by atoms with Gasteiger partial charge < -0.3 is 5.73 Å². The predicted octanol–water partition coefficient (Wildman–Crippen LogP) is 3.40. The van der Waals surface area contributed by atoms with Gasteiger partial charge in [-0.05, 0) is 62.3 Å². The highest BCUT2D eigenvalue weighted by molar-refractivity contribution is 4.94. The van der Waals surface area contributed by atoms with Gasteiger partial charge >= 0.3 is 0 Å². The summed E-state index contributed by atoms with van der Waals surface area (Å²) in [4.78, 5) is 2.82. The maximum absolute atomic E-state index is 6.42. The molecule has 2 aliphatic carbocycles. The third-order valence-electron chi connectivity index (χ3n) is 6.17. The third-order valence-corrected chi connectivity index (χ3v) is 6.17. The van der Waals surface area contributed by atoms with Gasteiger partial charge in [-0.25, -0.2) is 0 Å². The molecular weight excluding hydrogens is 232 g/mol. The molecule has 3 rings (SSSR count). The molecule has 2 saturated carbocycles. The van der Waals surface area contributed by atoms with Gasteiger partial charge in [0.15, 0.2) is 0 Å². The Bertz CT molecular complexity index is 312. The lowest BCUT2D eigenvalue weighted by atomic mass is 9.70. The van der Waals surface area contributed by atoms with Crippen molar-refractivity contribution in [2.24, 2.45) is 23.0 Å². The number of nitrogens with two attached hydrogens (primary N) is 1. The normalized spacial score (nSPS) is 43.1. The molecule has 0 radical (unpaired) electrons. The first kappa shape index (κ1) is 13.9. The molecule has 3 fully saturated rings. The number of rotatable bonds is 2. The molecule has 0 aromatic carbocycles. The van der Waals surface area contributed by atoms with Crippen molar-refractivity contribution >= 4 is 0 Å². The highest BCUT2D eigenvalue weighted by Crippen LogP contribution is 2.41. The van der Waals surface area contributed by atoms with E-state index >= 15 is 0 Å². The highest BCUT2D eigenvalue weighted by Gasteiger charge is 2.39. The van der Waals surface area contributed by atoms with Crippen molar-refractivity contribution in [1.82, 2.24) is 4.90 Å². The van der Waals surface area contributed by atoms with Crippen molar-refractivity contribution < 1.29 is 0 Å². The summed E-state index contributed by atoms with van der Waals surface area (Å²) in [6.45, 7) is 7.49. The molecule has 0 bridgehead atoms. The summed E-state index contributed by atoms with van der Waals surface area (Å²) in [5, 5.41) is 0. The lowest BCUT2D eigenvalue weighted by Gasteiger charge is -2.42. The summed E-state index contributed by atoms with van der Waals surface area (Å²) >= 11 is 0. The second kappa shape index (κ2) is 5.37. The molecule has 4 unspecified atom stereocenters. The Morgan fingerprint density at radius 1 is 1.11 bits per heavy atom. The first-order chi connectivity index (χ1) is 9.05. The number of fused-ring (bicyclic) bond motifs is 1. The quantitative estimate of drug-likeness (QED) is 0.828. The van der Waals surface area contributed by atoms with E-state index in [0.29, 0.717) is 11.5 Å². The van der Waals surface area contributed by atoms with Crippen LogP contribution >= 0.6 is 0 Å². The first-order valence-electron chi connectivity index (χ1n) is 8.55. The molecule has 2 nitrogen and oxygen atoms in total. The molecule has 110 valence electrons. The summed E-state index contributed by atoms with van der Waals surface area (Å²) in [6, 6.07) is 1.36. The summed E-state index contributed by atoms with van der Waals surface area (Å²) in [5.74, 6) is 1.76. The second-order valence-electron chi connectivity index (χ2n) is 8.23. The van der Waals surface area contributed by atoms with Crippen LogP contribution in [0.1, 0.15) is 65.2 Å². The fourth-order valence-electron chi connectivity index (χ4n) is 4.99. The largest absolute Gasteiger partial charge is 0.327 e. The topological polar surface area (TPSA) is 29.3 Å². The molecule has 3 aliphatic rings. The second-order valence-corrected chi connectivity index (χ2v) is 8.23. The van der Waals surface area contributed by atoms with Gasteiger partial charge in [0.25, 0.3) is 0 Å². The van der Waals surface area contributed by atoms with E-state index in [4.69, 9.17) is 5.73 Å². The number of hydrogen-bond acceptors (Lipinski definition) is 2. The van der Waals surface area contributed by atoms with E-state index in [1.807, 2.05) is 0 Å². The number of nitrogens with zero attached hydrogens (tertiary/aromatic N) is 1. The standard InChI is InChI=1S/C17H32N2/c1-17(2)9-7-15(18)14(11-17)12-19-10-8-13-5-3-4-6-16(13)19/h13-16H,3-12,18H2,1-2H3. The molecule has 0 amide bonds. The van der Waals surface area contributed by atoms with Crippen LogP contribution in [0, 0.1) is 17.3 Å². The van der Waals surface area contributed by atoms with Crippen LogP contribution in [0.4, 0.5) is 0 Å². The van der Waals surface area contributed by atoms with Crippen LogP contribution in [0.2, 0.25) is 0 Å². The van der Waals surface area contributed by atoms with Gasteiger partial charge in [0.2, 0.25) is 0 Å². The third kappa shape index (κ3) is 3.00. The maximum atomic E-state index is 6.42. The molecule has 2 N–H and O–H groups in total. The molecule has 0 spiro atoms. The Labute approximate surface area is 119 Å². The molecule has 1 aliphatic heterocycles. The number of likely N-dealkylation sites (tertiary alicyclic amines) is 1. The van der Waals surface area contributed by atoms with E-state index in [0.717, 1.165) is 17.9 Å². The zero-order valence-electron chi connectivity index (χ0n) is 12.9. The summed E-state index contributed by atoms with van der Waals surface area (Å²) < 4.78 is 0. The van der Waals surface area contributed by atoms with E-state index in [-0.39, 0.29) is 0 Å². The van der Waals surface area contributed by atoms with Gasteiger partial charge in [0, 0.05) is 18.6 Å².